The van der Waals surface area contributed by atoms with Crippen LogP contribution < -0.4 is 20.7 Å². The molecule has 3 aromatic rings. The van der Waals surface area contributed by atoms with Crippen molar-refractivity contribution in [1.29, 1.82) is 0 Å². The van der Waals surface area contributed by atoms with Crippen molar-refractivity contribution in [3.63, 3.8) is 0 Å². The average Bonchev–Trinajstić information content (AvgIpc) is 2.75. The van der Waals surface area contributed by atoms with Crippen LogP contribution in [-0.4, -0.2) is 52.8 Å². The molecular weight excluding hydrogens is 560 g/mol. The molecule has 0 unspecified atom stereocenters. The number of aromatic nitrogens is 3. The van der Waals surface area contributed by atoms with E-state index in [1.807, 2.05) is 0 Å². The number of hydrogen-bond acceptors (Lipinski definition) is 8. The maximum absolute atomic E-state index is 13.1. The van der Waals surface area contributed by atoms with Gasteiger partial charge in [-0.2, -0.15) is 9.78 Å². The highest BCUT2D eigenvalue weighted by Crippen LogP contribution is 2.40. The van der Waals surface area contributed by atoms with Gasteiger partial charge in [-0.1, -0.05) is 23.2 Å². The lowest BCUT2D eigenvalue weighted by atomic mass is 9.62. The van der Waals surface area contributed by atoms with E-state index in [1.165, 1.54) is 6.07 Å². The maximum Gasteiger partial charge on any atom is 0.349 e. The molecule has 196 valence electrons. The fourth-order valence-electron chi connectivity index (χ4n) is 3.83. The summed E-state index contributed by atoms with van der Waals surface area (Å²) in [6, 6.07) is 5.56. The van der Waals surface area contributed by atoms with Crippen LogP contribution in [0, 0.1) is 0 Å². The Morgan fingerprint density at radius 2 is 1.84 bits per heavy atom. The maximum atomic E-state index is 13.1. The fourth-order valence-corrected chi connectivity index (χ4v) is 5.92. The van der Waals surface area contributed by atoms with Crippen LogP contribution in [0.3, 0.4) is 0 Å². The van der Waals surface area contributed by atoms with Crippen LogP contribution >= 0.6 is 23.2 Å². The first-order valence-electron chi connectivity index (χ1n) is 10.4. The predicted molar refractivity (Wildman–Crippen MR) is 130 cm³/mol. The third-order valence-electron chi connectivity index (χ3n) is 5.48. The number of sulfonamides is 1. The molecule has 11 nitrogen and oxygen atoms in total. The second kappa shape index (κ2) is 9.72. The van der Waals surface area contributed by atoms with Crippen LogP contribution in [0.4, 0.5) is 8.78 Å². The van der Waals surface area contributed by atoms with E-state index in [2.05, 4.69) is 9.82 Å². The smallest absolute Gasteiger partial charge is 0.349 e. The van der Waals surface area contributed by atoms with Gasteiger partial charge >= 0.3 is 5.69 Å². The van der Waals surface area contributed by atoms with E-state index < -0.39 is 55.6 Å². The third kappa shape index (κ3) is 5.50. The van der Waals surface area contributed by atoms with Crippen LogP contribution in [0.2, 0.25) is 10.0 Å². The summed E-state index contributed by atoms with van der Waals surface area (Å²) in [6.45, 7) is 0. The Morgan fingerprint density at radius 3 is 2.41 bits per heavy atom. The van der Waals surface area contributed by atoms with E-state index in [4.69, 9.17) is 27.9 Å². The van der Waals surface area contributed by atoms with Crippen LogP contribution in [0.25, 0.3) is 5.69 Å². The van der Waals surface area contributed by atoms with Crippen molar-refractivity contribution in [3.8, 4) is 22.9 Å². The lowest BCUT2D eigenvalue weighted by Gasteiger charge is -2.42. The number of aromatic hydroxyl groups is 1. The lowest BCUT2D eigenvalue weighted by Crippen LogP contribution is -2.59. The first kappa shape index (κ1) is 27.1. The number of aromatic amines is 1. The molecule has 0 aliphatic heterocycles. The largest absolute Gasteiger partial charge is 0.507 e. The van der Waals surface area contributed by atoms with E-state index >= 15 is 0 Å². The first-order chi connectivity index (χ1) is 17.2. The molecule has 4 N–H and O–H groups in total. The van der Waals surface area contributed by atoms with Crippen LogP contribution in [0.15, 0.2) is 44.8 Å². The van der Waals surface area contributed by atoms with Gasteiger partial charge in [0.1, 0.15) is 24.2 Å². The summed E-state index contributed by atoms with van der Waals surface area (Å²) in [6.07, 6.45) is -3.48. The molecular formula is C20H17BCl2F2N4O7S. The molecule has 1 aromatic heterocycles. The van der Waals surface area contributed by atoms with Crippen molar-refractivity contribution in [3.05, 3.63) is 66.9 Å². The van der Waals surface area contributed by atoms with Crippen molar-refractivity contribution < 1.29 is 32.1 Å². The number of nitrogens with zero attached hydrogens (tertiary/aromatic N) is 2. The summed E-state index contributed by atoms with van der Waals surface area (Å²) in [5, 5.41) is 22.6. The molecule has 17 heteroatoms. The zero-order valence-electron chi connectivity index (χ0n) is 18.7. The summed E-state index contributed by atoms with van der Waals surface area (Å²) >= 11 is 12.5. The number of hydrogen-bond donors (Lipinski definition) is 4. The Morgan fingerprint density at radius 1 is 1.22 bits per heavy atom. The van der Waals surface area contributed by atoms with Crippen LogP contribution in [0.5, 0.6) is 17.2 Å². The fraction of sp³-hybridized carbons (Fsp3) is 0.250. The Labute approximate surface area is 218 Å². The van der Waals surface area contributed by atoms with Gasteiger partial charge < -0.3 is 14.9 Å². The van der Waals surface area contributed by atoms with Crippen molar-refractivity contribution in [2.45, 2.75) is 35.7 Å². The highest BCUT2D eigenvalue weighted by atomic mass is 35.5. The normalized spacial score (nSPS) is 19.6. The zero-order valence-corrected chi connectivity index (χ0v) is 21.0. The van der Waals surface area contributed by atoms with Gasteiger partial charge in [0.15, 0.2) is 11.4 Å². The summed E-state index contributed by atoms with van der Waals surface area (Å²) in [5.74, 6) is -0.836. The number of halogens is 4. The van der Waals surface area contributed by atoms with E-state index in [9.17, 15) is 37.0 Å². The number of phenolic OH excluding ortho intramolecular Hbond substituents is 1. The number of H-pyrrole nitrogens is 1. The van der Waals surface area contributed by atoms with Crippen molar-refractivity contribution >= 4 is 41.1 Å². The van der Waals surface area contributed by atoms with Crippen molar-refractivity contribution in [1.82, 2.24) is 19.5 Å². The molecule has 0 saturated heterocycles. The number of aliphatic hydroxyl groups excluding tert-OH is 1. The Hall–Kier alpha value is -2.98. The summed E-state index contributed by atoms with van der Waals surface area (Å²) in [4.78, 5) is 24.9. The van der Waals surface area contributed by atoms with Gasteiger partial charge in [-0.3, -0.25) is 9.78 Å². The molecule has 0 bridgehead atoms. The van der Waals surface area contributed by atoms with Gasteiger partial charge in [0.25, 0.3) is 12.0 Å². The van der Waals surface area contributed by atoms with Gasteiger partial charge in [0, 0.05) is 11.5 Å². The molecule has 0 spiro atoms. The quantitative estimate of drug-likeness (QED) is 0.307. The molecule has 1 saturated carbocycles. The second-order valence-electron chi connectivity index (χ2n) is 8.56. The number of benzene rings is 2. The third-order valence-corrected chi connectivity index (χ3v) is 7.71. The minimum Gasteiger partial charge on any atom is -0.507 e. The monoisotopic (exact) mass is 576 g/mol. The van der Waals surface area contributed by atoms with Crippen molar-refractivity contribution in [2.24, 2.45) is 0 Å². The molecule has 1 heterocycles. The molecule has 1 fully saturated rings. The van der Waals surface area contributed by atoms with Crippen LogP contribution in [-0.2, 0) is 10.0 Å². The van der Waals surface area contributed by atoms with E-state index in [-0.39, 0.29) is 40.1 Å². The standard InChI is InChI=1S/C20H17BCl2F2N4O7S/c21-20(6-9(30)7-20)28-37(34,35)14-5-10(1-2-13(14)31)36-16-11(22)3-8(4-12(16)23)29-19(33)26-18(32)15(27-29)17(24)25/h1-5,9,17,28,30-31H,6-7,21H2,(H,26,32,33)/t9-,20-. The zero-order chi connectivity index (χ0) is 27.3. The molecule has 1 aliphatic carbocycles. The van der Waals surface area contributed by atoms with E-state index in [0.29, 0.717) is 4.68 Å². The lowest BCUT2D eigenvalue weighted by molar-refractivity contribution is 0.0532. The average molecular weight is 577 g/mol. The Balaban J connectivity index is 1.66. The molecule has 0 radical (unpaired) electrons. The minimum atomic E-state index is -4.22. The number of ether oxygens (including phenoxy) is 1. The predicted octanol–water partition coefficient (Wildman–Crippen LogP) is 1.43. The first-order valence-corrected chi connectivity index (χ1v) is 12.7. The van der Waals surface area contributed by atoms with Gasteiger partial charge in [0.05, 0.1) is 21.8 Å². The highest BCUT2D eigenvalue weighted by Gasteiger charge is 2.42. The Bertz CT molecular complexity index is 1590. The molecule has 37 heavy (non-hydrogen) atoms. The van der Waals surface area contributed by atoms with Crippen molar-refractivity contribution in [2.75, 3.05) is 0 Å². The number of aliphatic hydroxyl groups is 1. The SMILES string of the molecule is B[C@]1(NS(=O)(=O)c2cc(Oc3c(Cl)cc(-n4nc(C(F)F)c(=O)[nH]c4=O)cc3Cl)ccc2O)C[C@H](O)C1. The molecule has 2 aromatic carbocycles. The number of phenols is 1. The van der Waals surface area contributed by atoms with Gasteiger partial charge in [0.2, 0.25) is 10.0 Å². The van der Waals surface area contributed by atoms with Gasteiger partial charge in [-0.25, -0.2) is 26.7 Å². The summed E-state index contributed by atoms with van der Waals surface area (Å²) in [7, 11) is -2.61. The van der Waals surface area contributed by atoms with Gasteiger partial charge in [-0.15, -0.1) is 0 Å². The van der Waals surface area contributed by atoms with E-state index in [1.54, 1.807) is 12.8 Å². The highest BCUT2D eigenvalue weighted by molar-refractivity contribution is 7.89. The summed E-state index contributed by atoms with van der Waals surface area (Å²) < 4.78 is 60.4. The Kier molecular flexibility index (Phi) is 7.11. The summed E-state index contributed by atoms with van der Waals surface area (Å²) in [5.41, 5.74) is -4.71. The van der Waals surface area contributed by atoms with E-state index in [0.717, 1.165) is 24.3 Å². The second-order valence-corrected chi connectivity index (χ2v) is 11.0. The molecule has 1 aliphatic rings. The molecule has 4 rings (SSSR count). The van der Waals surface area contributed by atoms with Gasteiger partial charge in [-0.05, 0) is 37.1 Å². The van der Waals surface area contributed by atoms with Crippen LogP contribution in [0.1, 0.15) is 25.0 Å². The number of rotatable bonds is 7. The molecule has 0 amide bonds. The topological polar surface area (TPSA) is 164 Å². The molecule has 0 atom stereocenters. The number of alkyl halides is 2. The number of nitrogens with one attached hydrogen (secondary N) is 2. The minimum absolute atomic E-state index is 0.0900.